The van der Waals surface area contributed by atoms with E-state index in [0.29, 0.717) is 23.5 Å². The van der Waals surface area contributed by atoms with Gasteiger partial charge in [0.1, 0.15) is 5.82 Å². The third-order valence-corrected chi connectivity index (χ3v) is 4.16. The predicted octanol–water partition coefficient (Wildman–Crippen LogP) is 1.35. The van der Waals surface area contributed by atoms with Crippen LogP contribution in [-0.2, 0) is 13.6 Å². The zero-order chi connectivity index (χ0) is 15.3. The number of fused-ring (bicyclic) bond motifs is 1. The summed E-state index contributed by atoms with van der Waals surface area (Å²) in [6.07, 6.45) is 2.16. The summed E-state index contributed by atoms with van der Waals surface area (Å²) < 4.78 is 3.43. The smallest absolute Gasteiger partial charge is 0.274 e. The first-order valence-corrected chi connectivity index (χ1v) is 7.38. The molecule has 1 aliphatic carbocycles. The van der Waals surface area contributed by atoms with Gasteiger partial charge in [0.25, 0.3) is 11.1 Å². The van der Waals surface area contributed by atoms with Gasteiger partial charge in [-0.2, -0.15) is 0 Å². The van der Waals surface area contributed by atoms with Gasteiger partial charge in [0, 0.05) is 19.0 Å². The summed E-state index contributed by atoms with van der Waals surface area (Å²) in [6, 6.07) is 8.98. The maximum atomic E-state index is 12.2. The van der Waals surface area contributed by atoms with Crippen molar-refractivity contribution in [3.63, 3.8) is 0 Å². The van der Waals surface area contributed by atoms with Crippen LogP contribution in [0.4, 0.5) is 0 Å². The van der Waals surface area contributed by atoms with Crippen LogP contribution in [0.3, 0.4) is 0 Å². The zero-order valence-corrected chi connectivity index (χ0v) is 12.2. The first-order chi connectivity index (χ1) is 10.6. The fraction of sp³-hybridized carbons (Fsp3) is 0.312. The summed E-state index contributed by atoms with van der Waals surface area (Å²) >= 11 is 0. The number of hydrogen-bond acceptors (Lipinski definition) is 3. The fourth-order valence-corrected chi connectivity index (χ4v) is 2.83. The Hall–Kier alpha value is -2.63. The molecule has 22 heavy (non-hydrogen) atoms. The van der Waals surface area contributed by atoms with Crippen molar-refractivity contribution in [2.75, 3.05) is 0 Å². The van der Waals surface area contributed by atoms with Crippen LogP contribution in [0.2, 0.25) is 0 Å². The molecular weight excluding hydrogens is 280 g/mol. The molecule has 112 valence electrons. The molecule has 0 atom stereocenters. The third-order valence-electron chi connectivity index (χ3n) is 4.16. The Kier molecular flexibility index (Phi) is 2.79. The number of H-pyrrole nitrogens is 1. The highest BCUT2D eigenvalue weighted by molar-refractivity contribution is 5.78. The van der Waals surface area contributed by atoms with Crippen LogP contribution >= 0.6 is 0 Å². The van der Waals surface area contributed by atoms with E-state index in [9.17, 15) is 9.59 Å². The SMILES string of the molecule is Cn1c(=O)c2ccccc2n1Cc1cc(=O)[nH]c(C2CC2)n1. The van der Waals surface area contributed by atoms with Crippen LogP contribution in [0.25, 0.3) is 10.9 Å². The third kappa shape index (κ3) is 2.07. The van der Waals surface area contributed by atoms with Crippen LogP contribution in [0.15, 0.2) is 39.9 Å². The molecule has 1 N–H and O–H groups in total. The van der Waals surface area contributed by atoms with Crippen molar-refractivity contribution in [2.24, 2.45) is 7.05 Å². The minimum absolute atomic E-state index is 0.0390. The molecule has 0 unspecified atom stereocenters. The van der Waals surface area contributed by atoms with Crippen molar-refractivity contribution < 1.29 is 0 Å². The Bertz CT molecular complexity index is 976. The second kappa shape index (κ2) is 4.69. The first-order valence-electron chi connectivity index (χ1n) is 7.38. The summed E-state index contributed by atoms with van der Waals surface area (Å²) in [5.74, 6) is 1.15. The second-order valence-electron chi connectivity index (χ2n) is 5.80. The van der Waals surface area contributed by atoms with E-state index in [4.69, 9.17) is 0 Å². The van der Waals surface area contributed by atoms with Gasteiger partial charge in [0.2, 0.25) is 0 Å². The van der Waals surface area contributed by atoms with E-state index >= 15 is 0 Å². The van der Waals surface area contributed by atoms with Crippen molar-refractivity contribution in [3.05, 3.63) is 62.6 Å². The van der Waals surface area contributed by atoms with Crippen LogP contribution in [0.5, 0.6) is 0 Å². The van der Waals surface area contributed by atoms with Crippen molar-refractivity contribution >= 4 is 10.9 Å². The molecule has 0 amide bonds. The standard InChI is InChI=1S/C16H16N4O2/c1-19-16(22)12-4-2-3-5-13(12)20(19)9-11-8-14(21)18-15(17-11)10-6-7-10/h2-5,8,10H,6-7,9H2,1H3,(H,17,18,21). The average molecular weight is 296 g/mol. The van der Waals surface area contributed by atoms with Crippen LogP contribution < -0.4 is 11.1 Å². The van der Waals surface area contributed by atoms with E-state index < -0.39 is 0 Å². The van der Waals surface area contributed by atoms with Gasteiger partial charge in [-0.3, -0.25) is 19.0 Å². The molecule has 0 bridgehead atoms. The van der Waals surface area contributed by atoms with E-state index in [-0.39, 0.29) is 11.1 Å². The first kappa shape index (κ1) is 13.1. The van der Waals surface area contributed by atoms with Crippen LogP contribution in [0, 0.1) is 0 Å². The quantitative estimate of drug-likeness (QED) is 0.793. The number of aromatic nitrogens is 4. The lowest BCUT2D eigenvalue weighted by Gasteiger charge is -2.09. The molecule has 1 fully saturated rings. The molecule has 6 heteroatoms. The van der Waals surface area contributed by atoms with Crippen LogP contribution in [-0.4, -0.2) is 19.3 Å². The number of aromatic amines is 1. The Morgan fingerprint density at radius 3 is 2.82 bits per heavy atom. The minimum Gasteiger partial charge on any atom is -0.310 e. The molecule has 6 nitrogen and oxygen atoms in total. The fourth-order valence-electron chi connectivity index (χ4n) is 2.83. The molecule has 0 saturated heterocycles. The Labute approximate surface area is 126 Å². The molecule has 3 aromatic rings. The van der Waals surface area contributed by atoms with Crippen molar-refractivity contribution in [1.82, 2.24) is 19.3 Å². The number of para-hydroxylation sites is 1. The molecule has 0 radical (unpaired) electrons. The van der Waals surface area contributed by atoms with Gasteiger partial charge in [-0.15, -0.1) is 0 Å². The van der Waals surface area contributed by atoms with Gasteiger partial charge in [-0.1, -0.05) is 12.1 Å². The summed E-state index contributed by atoms with van der Waals surface area (Å²) in [6.45, 7) is 0.406. The topological polar surface area (TPSA) is 72.7 Å². The lowest BCUT2D eigenvalue weighted by Crippen LogP contribution is -2.21. The highest BCUT2D eigenvalue weighted by Crippen LogP contribution is 2.37. The Balaban J connectivity index is 1.83. The summed E-state index contributed by atoms with van der Waals surface area (Å²) in [5.41, 5.74) is 1.36. The van der Waals surface area contributed by atoms with Crippen molar-refractivity contribution in [3.8, 4) is 0 Å². The maximum absolute atomic E-state index is 12.2. The molecule has 4 rings (SSSR count). The van der Waals surface area contributed by atoms with Crippen LogP contribution in [0.1, 0.15) is 30.3 Å². The molecule has 2 heterocycles. The predicted molar refractivity (Wildman–Crippen MR) is 83.1 cm³/mol. The number of benzene rings is 1. The second-order valence-corrected chi connectivity index (χ2v) is 5.80. The van der Waals surface area contributed by atoms with E-state index in [1.165, 1.54) is 6.07 Å². The van der Waals surface area contributed by atoms with Gasteiger partial charge in [0.05, 0.1) is 23.1 Å². The molecule has 0 aliphatic heterocycles. The number of nitrogens with zero attached hydrogens (tertiary/aromatic N) is 3. The van der Waals surface area contributed by atoms with Gasteiger partial charge in [-0.05, 0) is 25.0 Å². The molecule has 2 aromatic heterocycles. The van der Waals surface area contributed by atoms with Gasteiger partial charge < -0.3 is 4.98 Å². The van der Waals surface area contributed by atoms with Gasteiger partial charge in [0.15, 0.2) is 0 Å². The van der Waals surface area contributed by atoms with Crippen molar-refractivity contribution in [1.29, 1.82) is 0 Å². The highest BCUT2D eigenvalue weighted by Gasteiger charge is 2.26. The average Bonchev–Trinajstić information content (AvgIpc) is 3.32. The van der Waals surface area contributed by atoms with Gasteiger partial charge in [-0.25, -0.2) is 4.98 Å². The lowest BCUT2D eigenvalue weighted by atomic mass is 10.2. The number of nitrogens with one attached hydrogen (secondary N) is 1. The molecule has 0 spiro atoms. The van der Waals surface area contributed by atoms with E-state index in [1.807, 2.05) is 28.9 Å². The van der Waals surface area contributed by atoms with Crippen molar-refractivity contribution in [2.45, 2.75) is 25.3 Å². The lowest BCUT2D eigenvalue weighted by molar-refractivity contribution is 0.545. The van der Waals surface area contributed by atoms with E-state index in [2.05, 4.69) is 9.97 Å². The number of rotatable bonds is 3. The van der Waals surface area contributed by atoms with E-state index in [1.54, 1.807) is 11.7 Å². The highest BCUT2D eigenvalue weighted by atomic mass is 16.1. The maximum Gasteiger partial charge on any atom is 0.274 e. The number of hydrogen-bond donors (Lipinski definition) is 1. The molecule has 1 aromatic carbocycles. The minimum atomic E-state index is -0.131. The molecule has 1 saturated carbocycles. The zero-order valence-electron chi connectivity index (χ0n) is 12.2. The Morgan fingerprint density at radius 2 is 2.05 bits per heavy atom. The monoisotopic (exact) mass is 296 g/mol. The summed E-state index contributed by atoms with van der Waals surface area (Å²) in [7, 11) is 1.73. The largest absolute Gasteiger partial charge is 0.310 e. The summed E-state index contributed by atoms with van der Waals surface area (Å²) in [4.78, 5) is 31.4. The van der Waals surface area contributed by atoms with Gasteiger partial charge >= 0.3 is 0 Å². The normalized spacial score (nSPS) is 14.6. The summed E-state index contributed by atoms with van der Waals surface area (Å²) in [5, 5.41) is 0.678. The van der Waals surface area contributed by atoms with E-state index in [0.717, 1.165) is 24.2 Å². The Morgan fingerprint density at radius 1 is 1.27 bits per heavy atom. The molecular formula is C16H16N4O2. The molecule has 1 aliphatic rings.